The van der Waals surface area contributed by atoms with Crippen molar-refractivity contribution in [1.82, 2.24) is 0 Å². The second-order valence-electron chi connectivity index (χ2n) is 4.59. The van der Waals surface area contributed by atoms with Gasteiger partial charge in [0.05, 0.1) is 20.8 Å². The summed E-state index contributed by atoms with van der Waals surface area (Å²) in [5, 5.41) is 2.24. The molecule has 0 bridgehead atoms. The minimum absolute atomic E-state index is 0.177. The number of hydrogen-bond donors (Lipinski definition) is 1. The summed E-state index contributed by atoms with van der Waals surface area (Å²) in [4.78, 5) is 12.3. The fraction of sp³-hybridized carbons (Fsp3) is 0.312. The van der Waals surface area contributed by atoms with Gasteiger partial charge in [-0.2, -0.15) is 0 Å². The fourth-order valence-corrected chi connectivity index (χ4v) is 2.90. The van der Waals surface area contributed by atoms with Gasteiger partial charge in [-0.15, -0.1) is 11.3 Å². The quantitative estimate of drug-likeness (QED) is 0.618. The van der Waals surface area contributed by atoms with Crippen molar-refractivity contribution < 1.29 is 23.7 Å². The van der Waals surface area contributed by atoms with Crippen molar-refractivity contribution in [2.75, 3.05) is 40.3 Å². The average molecular weight is 337 g/mol. The number of thiophene rings is 1. The zero-order chi connectivity index (χ0) is 16.8. The van der Waals surface area contributed by atoms with Crippen molar-refractivity contribution >= 4 is 22.3 Å². The molecule has 0 aliphatic heterocycles. The predicted octanol–water partition coefficient (Wildman–Crippen LogP) is 2.82. The SMILES string of the molecule is COCCOC(=O)c1c(-c2ccc(OC)c(OC)c2)csc1N. The Morgan fingerprint density at radius 3 is 2.52 bits per heavy atom. The molecule has 23 heavy (non-hydrogen) atoms. The molecule has 0 aliphatic carbocycles. The highest BCUT2D eigenvalue weighted by molar-refractivity contribution is 7.14. The molecular weight excluding hydrogens is 318 g/mol. The lowest BCUT2D eigenvalue weighted by Gasteiger charge is -2.10. The highest BCUT2D eigenvalue weighted by Crippen LogP contribution is 2.38. The van der Waals surface area contributed by atoms with E-state index in [4.69, 9.17) is 24.7 Å². The van der Waals surface area contributed by atoms with Gasteiger partial charge in [-0.05, 0) is 17.7 Å². The normalized spacial score (nSPS) is 10.4. The van der Waals surface area contributed by atoms with E-state index in [-0.39, 0.29) is 6.61 Å². The Bertz CT molecular complexity index is 683. The lowest BCUT2D eigenvalue weighted by molar-refractivity contribution is 0.0390. The number of nitrogens with two attached hydrogens (primary N) is 1. The molecule has 7 heteroatoms. The zero-order valence-corrected chi connectivity index (χ0v) is 14.1. The van der Waals surface area contributed by atoms with Gasteiger partial charge in [0.15, 0.2) is 11.5 Å². The van der Waals surface area contributed by atoms with Crippen LogP contribution in [0.5, 0.6) is 11.5 Å². The van der Waals surface area contributed by atoms with Gasteiger partial charge in [0.1, 0.15) is 17.2 Å². The van der Waals surface area contributed by atoms with E-state index in [2.05, 4.69) is 0 Å². The minimum atomic E-state index is -0.467. The van der Waals surface area contributed by atoms with Crippen molar-refractivity contribution in [3.05, 3.63) is 29.1 Å². The Morgan fingerprint density at radius 2 is 1.87 bits per heavy atom. The maximum atomic E-state index is 12.3. The van der Waals surface area contributed by atoms with Crippen LogP contribution in [0.3, 0.4) is 0 Å². The maximum absolute atomic E-state index is 12.3. The van der Waals surface area contributed by atoms with Gasteiger partial charge < -0.3 is 24.7 Å². The van der Waals surface area contributed by atoms with Crippen LogP contribution in [0.4, 0.5) is 5.00 Å². The van der Waals surface area contributed by atoms with E-state index < -0.39 is 5.97 Å². The Morgan fingerprint density at radius 1 is 1.13 bits per heavy atom. The summed E-state index contributed by atoms with van der Waals surface area (Å²) in [6.45, 7) is 0.511. The molecule has 2 aromatic rings. The molecule has 0 spiro atoms. The summed E-state index contributed by atoms with van der Waals surface area (Å²) in [6, 6.07) is 5.42. The van der Waals surface area contributed by atoms with Crippen molar-refractivity contribution in [1.29, 1.82) is 0 Å². The van der Waals surface area contributed by atoms with Crippen molar-refractivity contribution in [3.63, 3.8) is 0 Å². The molecule has 0 aliphatic rings. The van der Waals surface area contributed by atoms with Crippen LogP contribution >= 0.6 is 11.3 Å². The van der Waals surface area contributed by atoms with Crippen molar-refractivity contribution in [2.24, 2.45) is 0 Å². The second-order valence-corrected chi connectivity index (χ2v) is 5.50. The largest absolute Gasteiger partial charge is 0.493 e. The van der Waals surface area contributed by atoms with Crippen LogP contribution in [0.15, 0.2) is 23.6 Å². The van der Waals surface area contributed by atoms with Crippen LogP contribution in [0.25, 0.3) is 11.1 Å². The van der Waals surface area contributed by atoms with E-state index in [0.717, 1.165) is 5.56 Å². The molecule has 6 nitrogen and oxygen atoms in total. The molecule has 0 amide bonds. The third kappa shape index (κ3) is 3.75. The first-order chi connectivity index (χ1) is 11.1. The first-order valence-corrected chi connectivity index (χ1v) is 7.75. The topological polar surface area (TPSA) is 80.0 Å². The molecule has 1 heterocycles. The molecule has 1 aromatic heterocycles. The summed E-state index contributed by atoms with van der Waals surface area (Å²) < 4.78 is 20.6. The number of nitrogen functional groups attached to an aromatic ring is 1. The van der Waals surface area contributed by atoms with E-state index >= 15 is 0 Å². The van der Waals surface area contributed by atoms with Crippen LogP contribution in [-0.4, -0.2) is 40.5 Å². The lowest BCUT2D eigenvalue weighted by Crippen LogP contribution is -2.11. The van der Waals surface area contributed by atoms with Crippen LogP contribution in [0.2, 0.25) is 0 Å². The van der Waals surface area contributed by atoms with Gasteiger partial charge in [0.2, 0.25) is 0 Å². The zero-order valence-electron chi connectivity index (χ0n) is 13.3. The predicted molar refractivity (Wildman–Crippen MR) is 89.4 cm³/mol. The molecule has 124 valence electrons. The van der Waals surface area contributed by atoms with Crippen LogP contribution < -0.4 is 15.2 Å². The maximum Gasteiger partial charge on any atom is 0.341 e. The summed E-state index contributed by atoms with van der Waals surface area (Å²) >= 11 is 1.29. The number of esters is 1. The first kappa shape index (κ1) is 17.1. The molecule has 0 radical (unpaired) electrons. The van der Waals surface area contributed by atoms with Gasteiger partial charge >= 0.3 is 5.97 Å². The summed E-state index contributed by atoms with van der Waals surface area (Å²) in [6.07, 6.45) is 0. The monoisotopic (exact) mass is 337 g/mol. The molecular formula is C16H19NO5S. The third-order valence-electron chi connectivity index (χ3n) is 3.24. The number of carbonyl (C=O) groups is 1. The number of methoxy groups -OCH3 is 3. The van der Waals surface area contributed by atoms with Gasteiger partial charge in [-0.3, -0.25) is 0 Å². The Labute approximate surface area is 138 Å². The summed E-state index contributed by atoms with van der Waals surface area (Å²) in [5.74, 6) is 0.725. The number of anilines is 1. The average Bonchev–Trinajstić information content (AvgIpc) is 2.96. The van der Waals surface area contributed by atoms with E-state index in [0.29, 0.717) is 34.2 Å². The molecule has 0 atom stereocenters. The van der Waals surface area contributed by atoms with Gasteiger partial charge in [0, 0.05) is 18.1 Å². The van der Waals surface area contributed by atoms with Gasteiger partial charge in [-0.1, -0.05) is 6.07 Å². The number of ether oxygens (including phenoxy) is 4. The smallest absolute Gasteiger partial charge is 0.341 e. The van der Waals surface area contributed by atoms with E-state index in [1.807, 2.05) is 11.4 Å². The van der Waals surface area contributed by atoms with E-state index in [1.165, 1.54) is 11.3 Å². The molecule has 0 saturated carbocycles. The molecule has 0 saturated heterocycles. The fourth-order valence-electron chi connectivity index (χ4n) is 2.09. The van der Waals surface area contributed by atoms with Gasteiger partial charge in [-0.25, -0.2) is 4.79 Å². The van der Waals surface area contributed by atoms with Crippen molar-refractivity contribution in [2.45, 2.75) is 0 Å². The second kappa shape index (κ2) is 7.85. The summed E-state index contributed by atoms with van der Waals surface area (Å²) in [7, 11) is 4.67. The van der Waals surface area contributed by atoms with E-state index in [9.17, 15) is 4.79 Å². The lowest BCUT2D eigenvalue weighted by atomic mass is 10.0. The number of benzene rings is 1. The van der Waals surface area contributed by atoms with Crippen molar-refractivity contribution in [3.8, 4) is 22.6 Å². The molecule has 1 aromatic carbocycles. The Balaban J connectivity index is 2.35. The molecule has 0 unspecified atom stereocenters. The van der Waals surface area contributed by atoms with E-state index in [1.54, 1.807) is 33.5 Å². The Hall–Kier alpha value is -2.25. The standard InChI is InChI=1S/C16H19NO5S/c1-19-6-7-22-16(18)14-11(9-23-15(14)17)10-4-5-12(20-2)13(8-10)21-3/h4-5,8-9H,6-7,17H2,1-3H3. The highest BCUT2D eigenvalue weighted by atomic mass is 32.1. The first-order valence-electron chi connectivity index (χ1n) is 6.87. The highest BCUT2D eigenvalue weighted by Gasteiger charge is 2.21. The van der Waals surface area contributed by atoms with Crippen LogP contribution in [0, 0.1) is 0 Å². The third-order valence-corrected chi connectivity index (χ3v) is 4.05. The summed E-state index contributed by atoms with van der Waals surface area (Å²) in [5.41, 5.74) is 7.81. The minimum Gasteiger partial charge on any atom is -0.493 e. The number of hydrogen-bond acceptors (Lipinski definition) is 7. The number of rotatable bonds is 7. The van der Waals surface area contributed by atoms with Crippen LogP contribution in [-0.2, 0) is 9.47 Å². The molecule has 0 fully saturated rings. The van der Waals surface area contributed by atoms with Gasteiger partial charge in [0.25, 0.3) is 0 Å². The molecule has 2 rings (SSSR count). The number of carbonyl (C=O) groups excluding carboxylic acids is 1. The van der Waals surface area contributed by atoms with Crippen LogP contribution in [0.1, 0.15) is 10.4 Å². The Kier molecular flexibility index (Phi) is 5.84. The molecule has 2 N–H and O–H groups in total.